The fourth-order valence-electron chi connectivity index (χ4n) is 2.80. The summed E-state index contributed by atoms with van der Waals surface area (Å²) in [6.07, 6.45) is 1.85. The van der Waals surface area contributed by atoms with E-state index in [0.717, 1.165) is 23.0 Å². The molecular formula is C19H22ClN5S. The molecule has 0 radical (unpaired) electrons. The van der Waals surface area contributed by atoms with Crippen LogP contribution in [0.5, 0.6) is 0 Å². The van der Waals surface area contributed by atoms with Crippen LogP contribution in [0.15, 0.2) is 59.8 Å². The fraction of sp³-hybridized carbons (Fsp3) is 0.263. The molecule has 0 bridgehead atoms. The van der Waals surface area contributed by atoms with Crippen molar-refractivity contribution in [2.75, 3.05) is 12.8 Å². The van der Waals surface area contributed by atoms with Gasteiger partial charge in [-0.2, -0.15) is 0 Å². The summed E-state index contributed by atoms with van der Waals surface area (Å²) in [5.41, 5.74) is 2.34. The van der Waals surface area contributed by atoms with Crippen LogP contribution in [0.1, 0.15) is 11.5 Å². The van der Waals surface area contributed by atoms with Crippen molar-refractivity contribution in [2.24, 2.45) is 0 Å². The molecule has 2 aromatic heterocycles. The van der Waals surface area contributed by atoms with Gasteiger partial charge in [-0.3, -0.25) is 4.90 Å². The number of allylic oxidation sites excluding steroid dienone is 1. The number of hydrogen-bond acceptors (Lipinski definition) is 4. The fourth-order valence-corrected chi connectivity index (χ4v) is 3.69. The minimum absolute atomic E-state index is 0.598. The lowest BCUT2D eigenvalue weighted by Gasteiger charge is -2.16. The van der Waals surface area contributed by atoms with E-state index in [-0.39, 0.29) is 0 Å². The van der Waals surface area contributed by atoms with Gasteiger partial charge in [0.05, 0.1) is 6.54 Å². The largest absolute Gasteiger partial charge is 0.357 e. The maximum absolute atomic E-state index is 5.87. The minimum Gasteiger partial charge on any atom is -0.357 e. The average Bonchev–Trinajstić information content (AvgIpc) is 3.17. The van der Waals surface area contributed by atoms with Crippen LogP contribution in [0.4, 0.5) is 0 Å². The molecule has 0 saturated carbocycles. The van der Waals surface area contributed by atoms with Gasteiger partial charge in [0.1, 0.15) is 5.82 Å². The van der Waals surface area contributed by atoms with Gasteiger partial charge in [0.25, 0.3) is 0 Å². The van der Waals surface area contributed by atoms with Gasteiger partial charge in [0, 0.05) is 35.1 Å². The quantitative estimate of drug-likeness (QED) is 0.436. The summed E-state index contributed by atoms with van der Waals surface area (Å²) in [4.78, 5) is 5.67. The minimum atomic E-state index is 0.598. The lowest BCUT2D eigenvalue weighted by Crippen LogP contribution is -2.20. The summed E-state index contributed by atoms with van der Waals surface area (Å²) in [6, 6.07) is 10.5. The number of nitrogens with zero attached hydrogens (tertiary/aromatic N) is 4. The molecule has 3 rings (SSSR count). The maximum atomic E-state index is 5.87. The zero-order chi connectivity index (χ0) is 18.5. The summed E-state index contributed by atoms with van der Waals surface area (Å²) in [5, 5.41) is 11.3. The first-order valence-electron chi connectivity index (χ1n) is 8.31. The van der Waals surface area contributed by atoms with Crippen molar-refractivity contribution in [1.82, 2.24) is 24.6 Å². The van der Waals surface area contributed by atoms with Crippen LogP contribution in [0.3, 0.4) is 0 Å². The van der Waals surface area contributed by atoms with Crippen LogP contribution in [-0.2, 0) is 19.6 Å². The molecule has 2 heterocycles. The summed E-state index contributed by atoms with van der Waals surface area (Å²) in [6.45, 7) is 9.72. The van der Waals surface area contributed by atoms with E-state index in [4.69, 9.17) is 11.6 Å². The van der Waals surface area contributed by atoms with Crippen molar-refractivity contribution < 1.29 is 0 Å². The van der Waals surface area contributed by atoms with Crippen LogP contribution in [0.2, 0.25) is 0 Å². The lowest BCUT2D eigenvalue weighted by molar-refractivity contribution is 0.302. The molecule has 0 unspecified atom stereocenters. The van der Waals surface area contributed by atoms with Crippen molar-refractivity contribution in [3.8, 4) is 0 Å². The second kappa shape index (κ2) is 8.58. The highest BCUT2D eigenvalue weighted by Crippen LogP contribution is 2.22. The number of H-pyrrole nitrogens is 1. The van der Waals surface area contributed by atoms with E-state index in [1.54, 1.807) is 0 Å². The Kier molecular flexibility index (Phi) is 6.19. The molecule has 3 aromatic rings. The second-order valence-electron chi connectivity index (χ2n) is 6.16. The molecule has 0 saturated heterocycles. The van der Waals surface area contributed by atoms with Gasteiger partial charge < -0.3 is 9.55 Å². The Labute approximate surface area is 162 Å². The van der Waals surface area contributed by atoms with Crippen LogP contribution >= 0.6 is 23.4 Å². The van der Waals surface area contributed by atoms with E-state index in [1.807, 2.05) is 12.1 Å². The van der Waals surface area contributed by atoms with E-state index in [1.165, 1.54) is 22.8 Å². The molecule has 5 nitrogen and oxygen atoms in total. The van der Waals surface area contributed by atoms with Gasteiger partial charge in [-0.25, -0.2) is 0 Å². The standard InChI is InChI=1S/C19H22ClN5S/c1-4-9-25-18(22-23-19(25)26-13-14(2)20)12-24(3)11-16-10-15-7-5-6-8-17(15)21-16/h4-8,10,21H,1-2,9,11-13H2,3H3. The molecule has 0 amide bonds. The van der Waals surface area contributed by atoms with Crippen molar-refractivity contribution in [1.29, 1.82) is 0 Å². The van der Waals surface area contributed by atoms with E-state index in [2.05, 4.69) is 69.1 Å². The molecule has 0 atom stereocenters. The smallest absolute Gasteiger partial charge is 0.191 e. The number of para-hydroxylation sites is 1. The molecule has 1 aromatic carbocycles. The van der Waals surface area contributed by atoms with Crippen molar-refractivity contribution in [3.63, 3.8) is 0 Å². The first-order valence-corrected chi connectivity index (χ1v) is 9.67. The van der Waals surface area contributed by atoms with E-state index in [9.17, 15) is 0 Å². The molecule has 26 heavy (non-hydrogen) atoms. The van der Waals surface area contributed by atoms with Gasteiger partial charge in [-0.05, 0) is 24.6 Å². The van der Waals surface area contributed by atoms with Crippen LogP contribution < -0.4 is 0 Å². The van der Waals surface area contributed by atoms with Gasteiger partial charge in [0.2, 0.25) is 0 Å². The molecule has 0 spiro atoms. The van der Waals surface area contributed by atoms with Gasteiger partial charge in [-0.1, -0.05) is 54.2 Å². The van der Waals surface area contributed by atoms with E-state index >= 15 is 0 Å². The predicted molar refractivity (Wildman–Crippen MR) is 109 cm³/mol. The van der Waals surface area contributed by atoms with Crippen molar-refractivity contribution >= 4 is 34.3 Å². The predicted octanol–water partition coefficient (Wildman–Crippen LogP) is 4.42. The lowest BCUT2D eigenvalue weighted by atomic mass is 10.2. The summed E-state index contributed by atoms with van der Waals surface area (Å²) in [5.74, 6) is 1.52. The number of hydrogen-bond donors (Lipinski definition) is 1. The highest BCUT2D eigenvalue weighted by Gasteiger charge is 2.14. The highest BCUT2D eigenvalue weighted by molar-refractivity contribution is 7.99. The Hall–Kier alpha value is -2.02. The Morgan fingerprint density at radius 1 is 1.35 bits per heavy atom. The third kappa shape index (κ3) is 4.58. The summed E-state index contributed by atoms with van der Waals surface area (Å²) < 4.78 is 2.07. The molecule has 7 heteroatoms. The molecular weight excluding hydrogens is 366 g/mol. The zero-order valence-electron chi connectivity index (χ0n) is 14.8. The Balaban J connectivity index is 1.70. The first kappa shape index (κ1) is 18.8. The van der Waals surface area contributed by atoms with Crippen molar-refractivity contribution in [2.45, 2.75) is 24.8 Å². The number of fused-ring (bicyclic) bond motifs is 1. The second-order valence-corrected chi connectivity index (χ2v) is 7.64. The van der Waals surface area contributed by atoms with Crippen LogP contribution in [0, 0.1) is 0 Å². The van der Waals surface area contributed by atoms with Crippen molar-refractivity contribution in [3.05, 3.63) is 66.1 Å². The Morgan fingerprint density at radius 3 is 2.88 bits per heavy atom. The number of rotatable bonds is 9. The van der Waals surface area contributed by atoms with Gasteiger partial charge in [0.15, 0.2) is 5.16 Å². The third-order valence-electron chi connectivity index (χ3n) is 3.90. The maximum Gasteiger partial charge on any atom is 0.191 e. The molecule has 1 N–H and O–H groups in total. The number of aromatic amines is 1. The van der Waals surface area contributed by atoms with Gasteiger partial charge >= 0.3 is 0 Å². The van der Waals surface area contributed by atoms with E-state index < -0.39 is 0 Å². The number of nitrogens with one attached hydrogen (secondary N) is 1. The summed E-state index contributed by atoms with van der Waals surface area (Å²) >= 11 is 7.40. The normalized spacial score (nSPS) is 11.3. The third-order valence-corrected chi connectivity index (χ3v) is 5.25. The molecule has 0 aliphatic heterocycles. The van der Waals surface area contributed by atoms with E-state index in [0.29, 0.717) is 23.9 Å². The Bertz CT molecular complexity index is 881. The molecule has 136 valence electrons. The topological polar surface area (TPSA) is 49.7 Å². The zero-order valence-corrected chi connectivity index (χ0v) is 16.4. The number of benzene rings is 1. The first-order chi connectivity index (χ1) is 12.6. The number of aromatic nitrogens is 4. The van der Waals surface area contributed by atoms with Crippen LogP contribution in [0.25, 0.3) is 10.9 Å². The SMILES string of the molecule is C=CCn1c(CN(C)Cc2cc3ccccc3[nH]2)nnc1SCC(=C)Cl. The average molecular weight is 388 g/mol. The van der Waals surface area contributed by atoms with Gasteiger partial charge in [-0.15, -0.1) is 16.8 Å². The molecule has 0 aliphatic rings. The monoisotopic (exact) mass is 387 g/mol. The summed E-state index contributed by atoms with van der Waals surface area (Å²) in [7, 11) is 2.08. The van der Waals surface area contributed by atoms with Crippen LogP contribution in [-0.4, -0.2) is 37.4 Å². The number of halogens is 1. The molecule has 0 fully saturated rings. The molecule has 0 aliphatic carbocycles. The highest BCUT2D eigenvalue weighted by atomic mass is 35.5. The number of thioether (sulfide) groups is 1. The Morgan fingerprint density at radius 2 is 2.15 bits per heavy atom.